The zero-order valence-electron chi connectivity index (χ0n) is 19.6. The molecule has 0 radical (unpaired) electrons. The molecule has 4 saturated carbocycles. The number of hydrogen-bond donors (Lipinski definition) is 4. The molecule has 5 fully saturated rings. The van der Waals surface area contributed by atoms with Crippen LogP contribution < -0.4 is 16.0 Å². The van der Waals surface area contributed by atoms with Gasteiger partial charge in [-0.05, 0) is 70.3 Å². The SMILES string of the molecule is CCC1CCNC(C(=O)NC23CCC(NC(=O)COC4CCC(Cl)C(F)C4)(CC2)C(O)C3)C1. The molecular formula is C24H39ClFN3O4. The summed E-state index contributed by atoms with van der Waals surface area (Å²) < 4.78 is 19.4. The van der Waals surface area contributed by atoms with Crippen molar-refractivity contribution < 1.29 is 23.8 Å². The largest absolute Gasteiger partial charge is 0.391 e. The monoisotopic (exact) mass is 487 g/mol. The van der Waals surface area contributed by atoms with Crippen molar-refractivity contribution in [3.05, 3.63) is 0 Å². The van der Waals surface area contributed by atoms with E-state index in [1.807, 2.05) is 0 Å². The zero-order chi connectivity index (χ0) is 23.6. The molecule has 0 aromatic heterocycles. The molecular weight excluding hydrogens is 449 g/mol. The van der Waals surface area contributed by atoms with Crippen molar-refractivity contribution in [1.82, 2.24) is 16.0 Å². The van der Waals surface area contributed by atoms with Gasteiger partial charge in [0.2, 0.25) is 11.8 Å². The Morgan fingerprint density at radius 2 is 1.91 bits per heavy atom. The summed E-state index contributed by atoms with van der Waals surface area (Å²) in [5.74, 6) is 0.326. The Morgan fingerprint density at radius 3 is 2.58 bits per heavy atom. The van der Waals surface area contributed by atoms with Gasteiger partial charge in [0.25, 0.3) is 0 Å². The third kappa shape index (κ3) is 5.65. The molecule has 5 rings (SSSR count). The predicted molar refractivity (Wildman–Crippen MR) is 124 cm³/mol. The second kappa shape index (κ2) is 10.3. The summed E-state index contributed by atoms with van der Waals surface area (Å²) in [4.78, 5) is 25.6. The van der Waals surface area contributed by atoms with E-state index in [4.69, 9.17) is 16.3 Å². The highest BCUT2D eigenvalue weighted by molar-refractivity contribution is 6.21. The summed E-state index contributed by atoms with van der Waals surface area (Å²) >= 11 is 5.91. The molecule has 1 saturated heterocycles. The van der Waals surface area contributed by atoms with E-state index in [1.165, 1.54) is 0 Å². The number of carbonyl (C=O) groups is 2. The Labute approximate surface area is 200 Å². The maximum Gasteiger partial charge on any atom is 0.246 e. The third-order valence-electron chi connectivity index (χ3n) is 8.60. The highest BCUT2D eigenvalue weighted by atomic mass is 35.5. The van der Waals surface area contributed by atoms with Crippen LogP contribution in [0.25, 0.3) is 0 Å². The lowest BCUT2D eigenvalue weighted by Gasteiger charge is -2.56. The Morgan fingerprint density at radius 1 is 1.15 bits per heavy atom. The van der Waals surface area contributed by atoms with Crippen LogP contribution in [-0.4, -0.2) is 70.9 Å². The van der Waals surface area contributed by atoms with Crippen LogP contribution in [0.4, 0.5) is 4.39 Å². The van der Waals surface area contributed by atoms with E-state index in [0.717, 1.165) is 38.6 Å². The van der Waals surface area contributed by atoms with Crippen LogP contribution in [0.3, 0.4) is 0 Å². The van der Waals surface area contributed by atoms with Gasteiger partial charge in [-0.3, -0.25) is 9.59 Å². The molecule has 188 valence electrons. The van der Waals surface area contributed by atoms with Gasteiger partial charge in [0, 0.05) is 12.0 Å². The fourth-order valence-corrected chi connectivity index (χ4v) is 6.51. The highest BCUT2D eigenvalue weighted by Gasteiger charge is 2.55. The van der Waals surface area contributed by atoms with Gasteiger partial charge in [0.15, 0.2) is 0 Å². The van der Waals surface area contributed by atoms with Crippen molar-refractivity contribution in [3.8, 4) is 0 Å². The lowest BCUT2D eigenvalue weighted by atomic mass is 9.59. The van der Waals surface area contributed by atoms with Crippen molar-refractivity contribution in [2.45, 2.75) is 118 Å². The minimum atomic E-state index is -1.11. The number of alkyl halides is 2. The van der Waals surface area contributed by atoms with Gasteiger partial charge < -0.3 is 25.8 Å². The van der Waals surface area contributed by atoms with Gasteiger partial charge in [-0.1, -0.05) is 13.3 Å². The fourth-order valence-electron chi connectivity index (χ4n) is 6.28. The maximum atomic E-state index is 13.8. The lowest BCUT2D eigenvalue weighted by Crippen LogP contribution is -2.71. The quantitative estimate of drug-likeness (QED) is 0.413. The number of aliphatic hydroxyl groups is 1. The molecule has 33 heavy (non-hydrogen) atoms. The number of nitrogens with one attached hydrogen (secondary N) is 3. The first-order valence-corrected chi connectivity index (χ1v) is 13.1. The van der Waals surface area contributed by atoms with Crippen LogP contribution in [0.5, 0.6) is 0 Å². The highest BCUT2D eigenvalue weighted by Crippen LogP contribution is 2.47. The van der Waals surface area contributed by atoms with E-state index in [9.17, 15) is 19.1 Å². The van der Waals surface area contributed by atoms with Crippen LogP contribution in [0.1, 0.15) is 77.6 Å². The van der Waals surface area contributed by atoms with E-state index in [-0.39, 0.29) is 37.0 Å². The minimum Gasteiger partial charge on any atom is -0.391 e. The first kappa shape index (κ1) is 25.1. The lowest BCUT2D eigenvalue weighted by molar-refractivity contribution is -0.140. The summed E-state index contributed by atoms with van der Waals surface area (Å²) in [5.41, 5.74) is -1.09. The number of rotatable bonds is 7. The number of ether oxygens (including phenoxy) is 1. The first-order valence-electron chi connectivity index (χ1n) is 12.7. The normalized spacial score (nSPS) is 43.2. The Kier molecular flexibility index (Phi) is 7.88. The number of aliphatic hydroxyl groups excluding tert-OH is 1. The average molecular weight is 488 g/mol. The summed E-state index contributed by atoms with van der Waals surface area (Å²) in [6, 6.07) is -0.168. The molecule has 6 unspecified atom stereocenters. The van der Waals surface area contributed by atoms with Crippen LogP contribution in [0.15, 0.2) is 0 Å². The van der Waals surface area contributed by atoms with E-state index in [0.29, 0.717) is 38.0 Å². The van der Waals surface area contributed by atoms with Crippen molar-refractivity contribution in [2.75, 3.05) is 13.2 Å². The van der Waals surface area contributed by atoms with Crippen LogP contribution in [0, 0.1) is 5.92 Å². The van der Waals surface area contributed by atoms with Crippen molar-refractivity contribution in [3.63, 3.8) is 0 Å². The molecule has 2 amide bonds. The van der Waals surface area contributed by atoms with Crippen LogP contribution in [0.2, 0.25) is 0 Å². The average Bonchev–Trinajstić information content (AvgIpc) is 2.81. The second-order valence-electron chi connectivity index (χ2n) is 10.8. The van der Waals surface area contributed by atoms with E-state index in [2.05, 4.69) is 22.9 Å². The zero-order valence-corrected chi connectivity index (χ0v) is 20.3. The number of amides is 2. The molecule has 4 aliphatic carbocycles. The number of hydrogen-bond acceptors (Lipinski definition) is 5. The fraction of sp³-hybridized carbons (Fsp3) is 0.917. The molecule has 7 nitrogen and oxygen atoms in total. The molecule has 4 N–H and O–H groups in total. The number of piperidine rings is 1. The first-order chi connectivity index (χ1) is 15.7. The topological polar surface area (TPSA) is 99.7 Å². The molecule has 0 aromatic rings. The molecule has 6 atom stereocenters. The van der Waals surface area contributed by atoms with Gasteiger partial charge in [0.1, 0.15) is 12.8 Å². The van der Waals surface area contributed by atoms with E-state index in [1.54, 1.807) is 0 Å². The van der Waals surface area contributed by atoms with E-state index < -0.39 is 28.7 Å². The molecule has 0 spiro atoms. The van der Waals surface area contributed by atoms with Crippen molar-refractivity contribution >= 4 is 23.4 Å². The number of fused-ring (bicyclic) bond motifs is 3. The molecule has 1 aliphatic heterocycles. The van der Waals surface area contributed by atoms with Gasteiger partial charge in [-0.25, -0.2) is 4.39 Å². The van der Waals surface area contributed by atoms with Gasteiger partial charge >= 0.3 is 0 Å². The molecule has 5 aliphatic rings. The molecule has 2 bridgehead atoms. The molecule has 1 heterocycles. The Bertz CT molecular complexity index is 718. The summed E-state index contributed by atoms with van der Waals surface area (Å²) in [5, 5.41) is 20.1. The predicted octanol–water partition coefficient (Wildman–Crippen LogP) is 2.33. The second-order valence-corrected chi connectivity index (χ2v) is 11.3. The van der Waals surface area contributed by atoms with Gasteiger partial charge in [-0.2, -0.15) is 0 Å². The van der Waals surface area contributed by atoms with Crippen molar-refractivity contribution in [1.29, 1.82) is 0 Å². The smallest absolute Gasteiger partial charge is 0.246 e. The summed E-state index contributed by atoms with van der Waals surface area (Å²) in [6.07, 6.45) is 5.43. The van der Waals surface area contributed by atoms with E-state index >= 15 is 0 Å². The van der Waals surface area contributed by atoms with Crippen LogP contribution in [-0.2, 0) is 14.3 Å². The van der Waals surface area contributed by atoms with Crippen LogP contribution >= 0.6 is 11.6 Å². The Hall–Kier alpha value is -0.960. The van der Waals surface area contributed by atoms with Gasteiger partial charge in [-0.15, -0.1) is 11.6 Å². The number of carbonyl (C=O) groups excluding carboxylic acids is 2. The Balaban J connectivity index is 1.26. The third-order valence-corrected chi connectivity index (χ3v) is 9.09. The molecule has 9 heteroatoms. The van der Waals surface area contributed by atoms with Gasteiger partial charge in [0.05, 0.1) is 29.2 Å². The summed E-state index contributed by atoms with van der Waals surface area (Å²) in [7, 11) is 0. The summed E-state index contributed by atoms with van der Waals surface area (Å²) in [6.45, 7) is 2.89. The standard InChI is InChI=1S/C24H39ClFN3O4/c1-2-15-5-10-27-19(11-15)22(32)29-23-6-8-24(9-7-23,20(30)13-23)28-21(31)14-33-16-3-4-17(25)18(26)12-16/h15-20,27,30H,2-14H2,1H3,(H,28,31)(H,29,32). The molecule has 0 aromatic carbocycles. The maximum absolute atomic E-state index is 13.8. The number of halogens is 2. The van der Waals surface area contributed by atoms with Crippen molar-refractivity contribution in [2.24, 2.45) is 5.92 Å². The minimum absolute atomic E-state index is 0.0324.